The van der Waals surface area contributed by atoms with Crippen molar-refractivity contribution < 1.29 is 4.92 Å². The molecule has 0 unspecified atom stereocenters. The van der Waals surface area contributed by atoms with Crippen LogP contribution in [0.2, 0.25) is 0 Å². The smallest absolute Gasteiger partial charge is 0.258 e. The van der Waals surface area contributed by atoms with Gasteiger partial charge in [0.1, 0.15) is 0 Å². The van der Waals surface area contributed by atoms with Crippen LogP contribution in [0.1, 0.15) is 31.2 Å². The number of benzene rings is 2. The van der Waals surface area contributed by atoms with E-state index in [1.54, 1.807) is 12.1 Å². The summed E-state index contributed by atoms with van der Waals surface area (Å²) < 4.78 is 1.87. The Balaban J connectivity index is 1.70. The van der Waals surface area contributed by atoms with Gasteiger partial charge in [-0.25, -0.2) is 4.68 Å². The van der Waals surface area contributed by atoms with E-state index in [4.69, 9.17) is 10.1 Å². The molecule has 0 saturated heterocycles. The predicted octanol–water partition coefficient (Wildman–Crippen LogP) is 5.05. The Morgan fingerprint density at radius 1 is 1.07 bits per heavy atom. The monoisotopic (exact) mass is 406 g/mol. The summed E-state index contributed by atoms with van der Waals surface area (Å²) in [6, 6.07) is 17.0. The minimum absolute atomic E-state index is 0.0799. The lowest BCUT2D eigenvalue weighted by molar-refractivity contribution is -0.384. The summed E-state index contributed by atoms with van der Waals surface area (Å²) in [6.07, 6.45) is 5.19. The molecule has 1 aromatic heterocycles. The van der Waals surface area contributed by atoms with Crippen LogP contribution < -0.4 is 4.80 Å². The van der Waals surface area contributed by atoms with Crippen LogP contribution in [0.5, 0.6) is 0 Å². The quantitative estimate of drug-likeness (QED) is 0.425. The van der Waals surface area contributed by atoms with Gasteiger partial charge in [-0.05, 0) is 37.7 Å². The lowest BCUT2D eigenvalue weighted by Crippen LogP contribution is -2.14. The highest BCUT2D eigenvalue weighted by molar-refractivity contribution is 7.07. The van der Waals surface area contributed by atoms with E-state index in [2.05, 4.69) is 12.1 Å². The second-order valence-corrected chi connectivity index (χ2v) is 7.85. The number of thiazole rings is 1. The van der Waals surface area contributed by atoms with Gasteiger partial charge in [-0.2, -0.15) is 5.10 Å². The average Bonchev–Trinajstić information content (AvgIpc) is 3.40. The Labute approximate surface area is 173 Å². The number of nitro groups is 1. The first kappa shape index (κ1) is 19.3. The molecular weight excluding hydrogens is 384 g/mol. The Hall–Kier alpha value is -3.06. The lowest BCUT2D eigenvalue weighted by Gasteiger charge is -2.05. The van der Waals surface area contributed by atoms with Crippen LogP contribution in [-0.2, 0) is 6.42 Å². The molecule has 0 aliphatic heterocycles. The van der Waals surface area contributed by atoms with Crippen LogP contribution in [-0.4, -0.2) is 21.9 Å². The second-order valence-electron chi connectivity index (χ2n) is 7.01. The van der Waals surface area contributed by atoms with Crippen molar-refractivity contribution in [3.05, 3.63) is 80.5 Å². The molecule has 0 amide bonds. The first-order valence-corrected chi connectivity index (χ1v) is 10.7. The molecule has 2 aromatic carbocycles. The van der Waals surface area contributed by atoms with Gasteiger partial charge in [0.05, 0.1) is 10.6 Å². The standard InChI is InChI=1S/C22H22N4O2S/c27-26(28)20-12-6-9-18(15-20)21-16-29-22(25(21)24-19-10-4-5-11-19)23-14-13-17-7-2-1-3-8-17/h1-3,6-9,12,15-16H,4-5,10-11,13-14H2. The maximum atomic E-state index is 11.2. The van der Waals surface area contributed by atoms with E-state index >= 15 is 0 Å². The van der Waals surface area contributed by atoms with Crippen molar-refractivity contribution in [1.29, 1.82) is 0 Å². The molecule has 29 heavy (non-hydrogen) atoms. The highest BCUT2D eigenvalue weighted by Gasteiger charge is 2.14. The third-order valence-electron chi connectivity index (χ3n) is 4.95. The van der Waals surface area contributed by atoms with E-state index in [9.17, 15) is 10.1 Å². The zero-order valence-electron chi connectivity index (χ0n) is 16.0. The fraction of sp³-hybridized carbons (Fsp3) is 0.273. The summed E-state index contributed by atoms with van der Waals surface area (Å²) in [5, 5.41) is 18.0. The van der Waals surface area contributed by atoms with Gasteiger partial charge in [0.25, 0.3) is 5.69 Å². The van der Waals surface area contributed by atoms with E-state index in [1.807, 2.05) is 34.3 Å². The number of hydrogen-bond donors (Lipinski definition) is 0. The van der Waals surface area contributed by atoms with Gasteiger partial charge in [0.2, 0.25) is 4.80 Å². The van der Waals surface area contributed by atoms with Crippen LogP contribution >= 0.6 is 11.3 Å². The summed E-state index contributed by atoms with van der Waals surface area (Å²) in [6.45, 7) is 0.670. The van der Waals surface area contributed by atoms with Crippen LogP contribution in [0.4, 0.5) is 5.69 Å². The van der Waals surface area contributed by atoms with Crippen molar-refractivity contribution in [2.24, 2.45) is 10.1 Å². The number of rotatable bonds is 6. The molecule has 0 N–H and O–H groups in total. The lowest BCUT2D eigenvalue weighted by atomic mass is 10.1. The van der Waals surface area contributed by atoms with Crippen molar-refractivity contribution in [2.75, 3.05) is 6.54 Å². The number of nitro benzene ring substituents is 1. The van der Waals surface area contributed by atoms with Crippen LogP contribution in [0.15, 0.2) is 70.1 Å². The van der Waals surface area contributed by atoms with Gasteiger partial charge >= 0.3 is 0 Å². The van der Waals surface area contributed by atoms with E-state index in [1.165, 1.54) is 28.7 Å². The molecule has 1 aliphatic carbocycles. The molecule has 1 aliphatic rings. The van der Waals surface area contributed by atoms with Gasteiger partial charge in [-0.1, -0.05) is 42.5 Å². The summed E-state index contributed by atoms with van der Waals surface area (Å²) >= 11 is 1.52. The van der Waals surface area contributed by atoms with Crippen molar-refractivity contribution >= 4 is 22.7 Å². The molecule has 0 atom stereocenters. The molecule has 1 saturated carbocycles. The number of non-ortho nitro benzene ring substituents is 1. The fourth-order valence-electron chi connectivity index (χ4n) is 3.43. The minimum atomic E-state index is -0.367. The van der Waals surface area contributed by atoms with Gasteiger partial charge < -0.3 is 0 Å². The van der Waals surface area contributed by atoms with Crippen LogP contribution in [0, 0.1) is 10.1 Å². The molecule has 0 radical (unpaired) electrons. The number of nitrogens with zero attached hydrogens (tertiary/aromatic N) is 4. The molecule has 1 fully saturated rings. The Morgan fingerprint density at radius 2 is 1.86 bits per heavy atom. The second kappa shape index (κ2) is 8.96. The van der Waals surface area contributed by atoms with Gasteiger partial charge in [-0.15, -0.1) is 11.3 Å². The topological polar surface area (TPSA) is 72.8 Å². The van der Waals surface area contributed by atoms with Gasteiger partial charge in [0, 0.05) is 35.3 Å². The van der Waals surface area contributed by atoms with Crippen LogP contribution in [0.3, 0.4) is 0 Å². The Kier molecular flexibility index (Phi) is 5.95. The van der Waals surface area contributed by atoms with E-state index < -0.39 is 0 Å². The molecule has 6 nitrogen and oxygen atoms in total. The van der Waals surface area contributed by atoms with Crippen molar-refractivity contribution in [3.8, 4) is 11.3 Å². The molecule has 148 valence electrons. The maximum absolute atomic E-state index is 11.2. The Bertz CT molecular complexity index is 1090. The first-order valence-electron chi connectivity index (χ1n) is 9.77. The van der Waals surface area contributed by atoms with E-state index in [-0.39, 0.29) is 10.6 Å². The highest BCUT2D eigenvalue weighted by Crippen LogP contribution is 2.25. The summed E-state index contributed by atoms with van der Waals surface area (Å²) in [5.41, 5.74) is 4.12. The van der Waals surface area contributed by atoms with Gasteiger partial charge in [-0.3, -0.25) is 15.1 Å². The zero-order chi connectivity index (χ0) is 20.1. The highest BCUT2D eigenvalue weighted by atomic mass is 32.1. The molecule has 1 heterocycles. The largest absolute Gasteiger partial charge is 0.270 e. The van der Waals surface area contributed by atoms with E-state index in [0.717, 1.165) is 48.2 Å². The maximum Gasteiger partial charge on any atom is 0.270 e. The molecule has 4 rings (SSSR count). The van der Waals surface area contributed by atoms with Crippen LogP contribution in [0.25, 0.3) is 11.3 Å². The third kappa shape index (κ3) is 4.68. The molecule has 0 bridgehead atoms. The molecule has 0 spiro atoms. The average molecular weight is 407 g/mol. The fourth-order valence-corrected chi connectivity index (χ4v) is 4.29. The summed E-state index contributed by atoms with van der Waals surface area (Å²) in [4.78, 5) is 16.4. The SMILES string of the molecule is O=[N+]([O-])c1cccc(-c2csc(=NCCc3ccccc3)n2N=C2CCCC2)c1. The third-order valence-corrected chi connectivity index (χ3v) is 5.80. The summed E-state index contributed by atoms with van der Waals surface area (Å²) in [5.74, 6) is 0. The van der Waals surface area contributed by atoms with Crippen molar-refractivity contribution in [3.63, 3.8) is 0 Å². The molecule has 7 heteroatoms. The van der Waals surface area contributed by atoms with E-state index in [0.29, 0.717) is 6.54 Å². The Morgan fingerprint density at radius 3 is 2.62 bits per heavy atom. The molecular formula is C22H22N4O2S. The van der Waals surface area contributed by atoms with Gasteiger partial charge in [0.15, 0.2) is 0 Å². The number of hydrogen-bond acceptors (Lipinski definition) is 5. The predicted molar refractivity (Wildman–Crippen MR) is 116 cm³/mol. The van der Waals surface area contributed by atoms with Crippen molar-refractivity contribution in [1.82, 2.24) is 4.68 Å². The molecule has 3 aromatic rings. The minimum Gasteiger partial charge on any atom is -0.258 e. The first-order chi connectivity index (χ1) is 14.2. The van der Waals surface area contributed by atoms with Crippen molar-refractivity contribution in [2.45, 2.75) is 32.1 Å². The zero-order valence-corrected chi connectivity index (χ0v) is 16.8. The summed E-state index contributed by atoms with van der Waals surface area (Å²) in [7, 11) is 0. The normalized spacial score (nSPS) is 14.3. The number of aromatic nitrogens is 1.